The first kappa shape index (κ1) is 23.2. The number of alkyl carbamates (subject to hydrolysis) is 1. The van der Waals surface area contributed by atoms with E-state index in [0.717, 1.165) is 32.1 Å². The van der Waals surface area contributed by atoms with Gasteiger partial charge in [-0.05, 0) is 52.9 Å². The molecule has 1 atom stereocenters. The fourth-order valence-corrected chi connectivity index (χ4v) is 3.62. The van der Waals surface area contributed by atoms with Crippen LogP contribution in [0.25, 0.3) is 0 Å². The van der Waals surface area contributed by atoms with Crippen molar-refractivity contribution in [2.24, 2.45) is 11.3 Å². The van der Waals surface area contributed by atoms with Gasteiger partial charge in [-0.15, -0.1) is 0 Å². The zero-order valence-corrected chi connectivity index (χ0v) is 17.1. The third-order valence-electron chi connectivity index (χ3n) is 4.89. The van der Waals surface area contributed by atoms with E-state index in [0.29, 0.717) is 12.8 Å². The minimum absolute atomic E-state index is 0.132. The maximum absolute atomic E-state index is 12.6. The largest absolute Gasteiger partial charge is 0.480 e. The maximum Gasteiger partial charge on any atom is 0.407 e. The molecule has 1 aliphatic carbocycles. The number of hydrogen-bond donors (Lipinski definition) is 2. The summed E-state index contributed by atoms with van der Waals surface area (Å²) in [5.41, 5.74) is -2.14. The van der Waals surface area contributed by atoms with Crippen molar-refractivity contribution >= 4 is 18.0 Å². The molecule has 0 saturated heterocycles. The second kappa shape index (κ2) is 10.5. The number of nitrogens with one attached hydrogen (secondary N) is 1. The van der Waals surface area contributed by atoms with Gasteiger partial charge in [-0.1, -0.05) is 32.1 Å². The Kier molecular flexibility index (Phi) is 9.06. The number of aliphatic carboxylic acids is 1. The van der Waals surface area contributed by atoms with Gasteiger partial charge in [0.25, 0.3) is 0 Å². The van der Waals surface area contributed by atoms with Gasteiger partial charge in [0.2, 0.25) is 0 Å². The van der Waals surface area contributed by atoms with Crippen LogP contribution in [-0.4, -0.2) is 41.9 Å². The topological polar surface area (TPSA) is 102 Å². The number of carboxylic acid groups (broad SMARTS) is 1. The number of hydrogen-bond acceptors (Lipinski definition) is 5. The van der Waals surface area contributed by atoms with Gasteiger partial charge < -0.3 is 19.9 Å². The van der Waals surface area contributed by atoms with Gasteiger partial charge in [0.05, 0.1) is 6.61 Å². The lowest BCUT2D eigenvalue weighted by atomic mass is 9.72. The second-order valence-corrected chi connectivity index (χ2v) is 8.35. The van der Waals surface area contributed by atoms with Crippen molar-refractivity contribution in [3.05, 3.63) is 0 Å². The molecule has 0 aromatic heterocycles. The number of rotatable bonds is 9. The molecule has 2 N–H and O–H groups in total. The van der Waals surface area contributed by atoms with E-state index in [9.17, 15) is 19.5 Å². The van der Waals surface area contributed by atoms with Crippen molar-refractivity contribution in [2.75, 3.05) is 13.2 Å². The molecule has 1 amide bonds. The molecule has 1 saturated carbocycles. The van der Waals surface area contributed by atoms with Crippen LogP contribution in [0.2, 0.25) is 0 Å². The number of carboxylic acids is 1. The van der Waals surface area contributed by atoms with Gasteiger partial charge in [-0.2, -0.15) is 0 Å². The highest BCUT2D eigenvalue weighted by molar-refractivity contribution is 5.99. The third kappa shape index (κ3) is 7.77. The maximum atomic E-state index is 12.6. The quantitative estimate of drug-likeness (QED) is 0.355. The molecule has 7 nitrogen and oxygen atoms in total. The molecule has 1 rings (SSSR count). The van der Waals surface area contributed by atoms with Gasteiger partial charge in [0.15, 0.2) is 5.41 Å². The fourth-order valence-electron chi connectivity index (χ4n) is 3.62. The van der Waals surface area contributed by atoms with Crippen molar-refractivity contribution in [1.29, 1.82) is 0 Å². The lowest BCUT2D eigenvalue weighted by Crippen LogP contribution is -2.43. The lowest BCUT2D eigenvalue weighted by molar-refractivity contribution is -0.171. The van der Waals surface area contributed by atoms with E-state index in [1.807, 2.05) is 0 Å². The summed E-state index contributed by atoms with van der Waals surface area (Å²) < 4.78 is 10.3. The minimum atomic E-state index is -1.55. The van der Waals surface area contributed by atoms with Crippen molar-refractivity contribution in [2.45, 2.75) is 84.7 Å². The van der Waals surface area contributed by atoms with Crippen LogP contribution in [0.5, 0.6) is 0 Å². The first-order chi connectivity index (χ1) is 12.6. The molecular formula is C20H35NO6. The molecule has 0 spiro atoms. The minimum Gasteiger partial charge on any atom is -0.480 e. The number of ether oxygens (including phenoxy) is 2. The first-order valence-corrected chi connectivity index (χ1v) is 9.98. The molecule has 27 heavy (non-hydrogen) atoms. The van der Waals surface area contributed by atoms with E-state index < -0.39 is 29.0 Å². The van der Waals surface area contributed by atoms with Crippen LogP contribution in [0.15, 0.2) is 0 Å². The molecule has 0 aromatic carbocycles. The summed E-state index contributed by atoms with van der Waals surface area (Å²) in [5, 5.41) is 12.5. The Morgan fingerprint density at radius 2 is 1.74 bits per heavy atom. The van der Waals surface area contributed by atoms with Gasteiger partial charge >= 0.3 is 18.0 Å². The van der Waals surface area contributed by atoms with Crippen LogP contribution in [0.3, 0.4) is 0 Å². The molecule has 0 radical (unpaired) electrons. The van der Waals surface area contributed by atoms with Gasteiger partial charge in [-0.3, -0.25) is 9.59 Å². The highest BCUT2D eigenvalue weighted by atomic mass is 16.6. The Morgan fingerprint density at radius 1 is 1.11 bits per heavy atom. The lowest BCUT2D eigenvalue weighted by Gasteiger charge is -2.32. The summed E-state index contributed by atoms with van der Waals surface area (Å²) >= 11 is 0. The molecule has 156 valence electrons. The van der Waals surface area contributed by atoms with Crippen LogP contribution in [0, 0.1) is 11.3 Å². The van der Waals surface area contributed by atoms with E-state index in [1.165, 1.54) is 0 Å². The first-order valence-electron chi connectivity index (χ1n) is 9.98. The standard InChI is InChI=1S/C20H35NO6/c1-5-26-17(24)20(16(22)23,14-15-10-7-6-8-11-15)12-9-13-21-18(25)27-19(2,3)4/h15H,5-14H2,1-4H3,(H,21,25)(H,22,23). The van der Waals surface area contributed by atoms with E-state index in [1.54, 1.807) is 27.7 Å². The molecule has 0 bridgehead atoms. The van der Waals surface area contributed by atoms with Crippen molar-refractivity contribution in [3.63, 3.8) is 0 Å². The highest BCUT2D eigenvalue weighted by Crippen LogP contribution is 2.39. The van der Waals surface area contributed by atoms with E-state index in [2.05, 4.69) is 5.32 Å². The van der Waals surface area contributed by atoms with Crippen molar-refractivity contribution in [1.82, 2.24) is 5.32 Å². The summed E-state index contributed by atoms with van der Waals surface area (Å²) in [6.07, 6.45) is 5.45. The zero-order valence-electron chi connectivity index (χ0n) is 17.1. The summed E-state index contributed by atoms with van der Waals surface area (Å²) in [5.74, 6) is -1.58. The molecule has 1 aliphatic rings. The van der Waals surface area contributed by atoms with Gasteiger partial charge in [0, 0.05) is 6.54 Å². The van der Waals surface area contributed by atoms with E-state index in [-0.39, 0.29) is 25.5 Å². The summed E-state index contributed by atoms with van der Waals surface area (Å²) in [7, 11) is 0. The fraction of sp³-hybridized carbons (Fsp3) is 0.850. The highest BCUT2D eigenvalue weighted by Gasteiger charge is 2.48. The number of carbonyl (C=O) groups excluding carboxylic acids is 2. The Hall–Kier alpha value is -1.79. The Bertz CT molecular complexity index is 507. The molecular weight excluding hydrogens is 350 g/mol. The smallest absolute Gasteiger partial charge is 0.407 e. The zero-order chi connectivity index (χ0) is 20.5. The van der Waals surface area contributed by atoms with Gasteiger partial charge in [0.1, 0.15) is 5.60 Å². The Labute approximate surface area is 162 Å². The summed E-state index contributed by atoms with van der Waals surface area (Å²) in [6.45, 7) is 7.38. The molecule has 7 heteroatoms. The van der Waals surface area contributed by atoms with Gasteiger partial charge in [-0.25, -0.2) is 4.79 Å². The average Bonchev–Trinajstić information content (AvgIpc) is 2.57. The third-order valence-corrected chi connectivity index (χ3v) is 4.89. The molecule has 0 aliphatic heterocycles. The number of esters is 1. The van der Waals surface area contributed by atoms with Crippen molar-refractivity contribution in [3.8, 4) is 0 Å². The van der Waals surface area contributed by atoms with Crippen LogP contribution < -0.4 is 5.32 Å². The summed E-state index contributed by atoms with van der Waals surface area (Å²) in [6, 6.07) is 0. The number of carbonyl (C=O) groups is 3. The van der Waals surface area contributed by atoms with E-state index in [4.69, 9.17) is 9.47 Å². The van der Waals surface area contributed by atoms with Crippen LogP contribution in [0.1, 0.15) is 79.1 Å². The Morgan fingerprint density at radius 3 is 2.26 bits per heavy atom. The average molecular weight is 386 g/mol. The monoisotopic (exact) mass is 385 g/mol. The molecule has 0 heterocycles. The van der Waals surface area contributed by atoms with Crippen LogP contribution in [-0.2, 0) is 19.1 Å². The SMILES string of the molecule is CCOC(=O)C(CCCNC(=O)OC(C)(C)C)(CC1CCCCC1)C(=O)O. The molecule has 1 fully saturated rings. The normalized spacial score (nSPS) is 17.6. The predicted molar refractivity (Wildman–Crippen MR) is 101 cm³/mol. The van der Waals surface area contributed by atoms with Crippen molar-refractivity contribution < 1.29 is 29.0 Å². The molecule has 1 unspecified atom stereocenters. The predicted octanol–water partition coefficient (Wildman–Crippen LogP) is 3.90. The second-order valence-electron chi connectivity index (χ2n) is 8.35. The van der Waals surface area contributed by atoms with Crippen LogP contribution in [0.4, 0.5) is 4.79 Å². The Balaban J connectivity index is 2.73. The van der Waals surface area contributed by atoms with Crippen LogP contribution >= 0.6 is 0 Å². The molecule has 0 aromatic rings. The summed E-state index contributed by atoms with van der Waals surface area (Å²) in [4.78, 5) is 36.4. The number of amides is 1. The van der Waals surface area contributed by atoms with E-state index >= 15 is 0 Å².